The largest absolute Gasteiger partial charge is 0.395 e. The van der Waals surface area contributed by atoms with Crippen LogP contribution in [0.3, 0.4) is 0 Å². The molecule has 4 nitrogen and oxygen atoms in total. The van der Waals surface area contributed by atoms with Gasteiger partial charge in [0.05, 0.1) is 13.2 Å². The van der Waals surface area contributed by atoms with Gasteiger partial charge in [0, 0.05) is 12.2 Å². The molecule has 2 N–H and O–H groups in total. The lowest BCUT2D eigenvalue weighted by molar-refractivity contribution is -0.117. The number of aryl methyl sites for hydroxylation is 1. The van der Waals surface area contributed by atoms with E-state index in [9.17, 15) is 4.79 Å². The summed E-state index contributed by atoms with van der Waals surface area (Å²) in [7, 11) is 0. The molecule has 4 heteroatoms. The van der Waals surface area contributed by atoms with Crippen LogP contribution < -0.4 is 5.32 Å². The van der Waals surface area contributed by atoms with Gasteiger partial charge in [0.25, 0.3) is 0 Å². The second-order valence-electron chi connectivity index (χ2n) is 5.33. The molecule has 1 amide bonds. The highest BCUT2D eigenvalue weighted by atomic mass is 16.3. The average Bonchev–Trinajstić information content (AvgIpc) is 2.40. The van der Waals surface area contributed by atoms with E-state index in [4.69, 9.17) is 5.11 Å². The molecule has 0 aliphatic carbocycles. The molecule has 0 saturated heterocycles. The monoisotopic (exact) mass is 278 g/mol. The Morgan fingerprint density at radius 3 is 2.65 bits per heavy atom. The van der Waals surface area contributed by atoms with Crippen molar-refractivity contribution in [3.8, 4) is 0 Å². The molecule has 0 aromatic heterocycles. The molecule has 0 radical (unpaired) electrons. The van der Waals surface area contributed by atoms with Crippen molar-refractivity contribution in [3.05, 3.63) is 29.3 Å². The zero-order chi connectivity index (χ0) is 15.1. The van der Waals surface area contributed by atoms with Crippen molar-refractivity contribution in [1.82, 2.24) is 4.90 Å². The molecule has 0 saturated carbocycles. The third kappa shape index (κ3) is 4.62. The smallest absolute Gasteiger partial charge is 0.238 e. The number of hydrogen-bond acceptors (Lipinski definition) is 3. The maximum Gasteiger partial charge on any atom is 0.238 e. The molecule has 0 bridgehead atoms. The molecule has 0 aliphatic rings. The Bertz CT molecular complexity index is 444. The number of nitrogens with one attached hydrogen (secondary N) is 1. The minimum absolute atomic E-state index is 0.0310. The van der Waals surface area contributed by atoms with E-state index in [1.54, 1.807) is 0 Å². The summed E-state index contributed by atoms with van der Waals surface area (Å²) in [6.45, 7) is 9.88. The topological polar surface area (TPSA) is 52.6 Å². The zero-order valence-corrected chi connectivity index (χ0v) is 12.9. The molecule has 112 valence electrons. The number of hydrogen-bond donors (Lipinski definition) is 2. The van der Waals surface area contributed by atoms with Crippen LogP contribution in [-0.4, -0.2) is 42.2 Å². The maximum atomic E-state index is 12.1. The van der Waals surface area contributed by atoms with Gasteiger partial charge in [0.15, 0.2) is 0 Å². The van der Waals surface area contributed by atoms with E-state index in [1.165, 1.54) is 0 Å². The lowest BCUT2D eigenvalue weighted by Gasteiger charge is -2.20. The van der Waals surface area contributed by atoms with Gasteiger partial charge in [-0.05, 0) is 30.5 Å². The average molecular weight is 278 g/mol. The number of carbonyl (C=O) groups excluding carboxylic acids is 1. The predicted octanol–water partition coefficient (Wildman–Crippen LogP) is 2.37. The summed E-state index contributed by atoms with van der Waals surface area (Å²) in [6, 6.07) is 6.08. The minimum atomic E-state index is -0.0310. The first-order chi connectivity index (χ1) is 9.49. The summed E-state index contributed by atoms with van der Waals surface area (Å²) in [5, 5.41) is 12.0. The van der Waals surface area contributed by atoms with Crippen LogP contribution in [0.15, 0.2) is 18.2 Å². The van der Waals surface area contributed by atoms with Crippen LogP contribution in [0.2, 0.25) is 0 Å². The van der Waals surface area contributed by atoms with E-state index >= 15 is 0 Å². The van der Waals surface area contributed by atoms with E-state index in [2.05, 4.69) is 25.2 Å². The van der Waals surface area contributed by atoms with E-state index in [0.29, 0.717) is 19.0 Å². The summed E-state index contributed by atoms with van der Waals surface area (Å²) in [4.78, 5) is 14.1. The quantitative estimate of drug-likeness (QED) is 0.805. The molecular weight excluding hydrogens is 252 g/mol. The second kappa shape index (κ2) is 8.02. The third-order valence-electron chi connectivity index (χ3n) is 3.42. The molecular formula is C16H26N2O2. The highest BCUT2D eigenvalue weighted by Gasteiger charge is 2.13. The number of rotatable bonds is 7. The Kier molecular flexibility index (Phi) is 6.68. The van der Waals surface area contributed by atoms with Crippen LogP contribution in [0.1, 0.15) is 37.8 Å². The van der Waals surface area contributed by atoms with Gasteiger partial charge in [-0.15, -0.1) is 0 Å². The number of aliphatic hydroxyl groups excluding tert-OH is 1. The van der Waals surface area contributed by atoms with Gasteiger partial charge >= 0.3 is 0 Å². The van der Waals surface area contributed by atoms with E-state index in [1.807, 2.05) is 30.9 Å². The Balaban J connectivity index is 2.80. The first-order valence-electron chi connectivity index (χ1n) is 7.22. The number of carbonyl (C=O) groups is 1. The van der Waals surface area contributed by atoms with Crippen molar-refractivity contribution in [2.24, 2.45) is 0 Å². The van der Waals surface area contributed by atoms with Crippen LogP contribution in [0.4, 0.5) is 5.69 Å². The lowest BCUT2D eigenvalue weighted by atomic mass is 9.98. The van der Waals surface area contributed by atoms with Gasteiger partial charge in [-0.3, -0.25) is 9.69 Å². The summed E-state index contributed by atoms with van der Waals surface area (Å²) >= 11 is 0. The number of nitrogens with zero attached hydrogens (tertiary/aromatic N) is 1. The number of aliphatic hydroxyl groups is 1. The summed E-state index contributed by atoms with van der Waals surface area (Å²) in [6.07, 6.45) is 0. The fourth-order valence-corrected chi connectivity index (χ4v) is 2.21. The van der Waals surface area contributed by atoms with E-state index in [0.717, 1.165) is 23.4 Å². The first kappa shape index (κ1) is 16.7. The van der Waals surface area contributed by atoms with Crippen LogP contribution in [0, 0.1) is 6.92 Å². The Labute approximate surface area is 121 Å². The van der Waals surface area contributed by atoms with Crippen molar-refractivity contribution in [2.75, 3.05) is 31.6 Å². The number of amides is 1. The van der Waals surface area contributed by atoms with E-state index < -0.39 is 0 Å². The van der Waals surface area contributed by atoms with Crippen LogP contribution >= 0.6 is 0 Å². The number of benzene rings is 1. The van der Waals surface area contributed by atoms with Crippen LogP contribution in [0.25, 0.3) is 0 Å². The van der Waals surface area contributed by atoms with Gasteiger partial charge < -0.3 is 10.4 Å². The molecule has 1 rings (SSSR count). The highest BCUT2D eigenvalue weighted by molar-refractivity contribution is 5.93. The fraction of sp³-hybridized carbons (Fsp3) is 0.562. The molecule has 0 heterocycles. The van der Waals surface area contributed by atoms with Gasteiger partial charge in [0.2, 0.25) is 5.91 Å². The number of para-hydroxylation sites is 1. The number of anilines is 1. The zero-order valence-electron chi connectivity index (χ0n) is 12.9. The summed E-state index contributed by atoms with van der Waals surface area (Å²) < 4.78 is 0. The normalized spacial score (nSPS) is 11.2. The molecule has 0 fully saturated rings. The van der Waals surface area contributed by atoms with Crippen molar-refractivity contribution in [3.63, 3.8) is 0 Å². The molecule has 20 heavy (non-hydrogen) atoms. The predicted molar refractivity (Wildman–Crippen MR) is 83.1 cm³/mol. The van der Waals surface area contributed by atoms with Gasteiger partial charge in [-0.25, -0.2) is 0 Å². The molecule has 1 aromatic rings. The molecule has 0 unspecified atom stereocenters. The lowest BCUT2D eigenvalue weighted by Crippen LogP contribution is -2.35. The molecule has 1 aromatic carbocycles. The second-order valence-corrected chi connectivity index (χ2v) is 5.33. The van der Waals surface area contributed by atoms with Crippen molar-refractivity contribution in [1.29, 1.82) is 0 Å². The first-order valence-corrected chi connectivity index (χ1v) is 7.22. The third-order valence-corrected chi connectivity index (χ3v) is 3.42. The van der Waals surface area contributed by atoms with Crippen LogP contribution in [-0.2, 0) is 4.79 Å². The van der Waals surface area contributed by atoms with Gasteiger partial charge in [0.1, 0.15) is 0 Å². The summed E-state index contributed by atoms with van der Waals surface area (Å²) in [5.74, 6) is 0.335. The van der Waals surface area contributed by atoms with Crippen molar-refractivity contribution >= 4 is 11.6 Å². The molecule has 0 atom stereocenters. The van der Waals surface area contributed by atoms with Crippen molar-refractivity contribution < 1.29 is 9.90 Å². The van der Waals surface area contributed by atoms with E-state index in [-0.39, 0.29) is 12.5 Å². The molecule has 0 aliphatic heterocycles. The Morgan fingerprint density at radius 2 is 2.10 bits per heavy atom. The number of likely N-dealkylation sites (N-methyl/N-ethyl adjacent to an activating group) is 1. The van der Waals surface area contributed by atoms with Gasteiger partial charge in [-0.2, -0.15) is 0 Å². The van der Waals surface area contributed by atoms with Gasteiger partial charge in [-0.1, -0.05) is 39.0 Å². The fourth-order valence-electron chi connectivity index (χ4n) is 2.21. The standard InChI is InChI=1S/C16H26N2O2/c1-5-18(9-10-19)11-15(20)17-16-13(4)7-6-8-14(16)12(2)3/h6-8,12,19H,5,9-11H2,1-4H3,(H,17,20). The van der Waals surface area contributed by atoms with Crippen molar-refractivity contribution in [2.45, 2.75) is 33.6 Å². The SMILES string of the molecule is CCN(CCO)CC(=O)Nc1c(C)cccc1C(C)C. The highest BCUT2D eigenvalue weighted by Crippen LogP contribution is 2.27. The summed E-state index contributed by atoms with van der Waals surface area (Å²) in [5.41, 5.74) is 3.16. The molecule has 0 spiro atoms. The Hall–Kier alpha value is -1.39. The Morgan fingerprint density at radius 1 is 1.40 bits per heavy atom. The van der Waals surface area contributed by atoms with Crippen LogP contribution in [0.5, 0.6) is 0 Å². The maximum absolute atomic E-state index is 12.1. The minimum Gasteiger partial charge on any atom is -0.395 e.